The van der Waals surface area contributed by atoms with E-state index >= 15 is 0 Å². The second kappa shape index (κ2) is 5.38. The van der Waals surface area contributed by atoms with Gasteiger partial charge in [0.1, 0.15) is 5.01 Å². The maximum atomic E-state index is 4.41. The molecule has 2 rings (SSSR count). The predicted octanol–water partition coefficient (Wildman–Crippen LogP) is 3.01. The van der Waals surface area contributed by atoms with Crippen LogP contribution in [0.25, 0.3) is 10.7 Å². The van der Waals surface area contributed by atoms with E-state index in [2.05, 4.69) is 35.2 Å². The fourth-order valence-electron chi connectivity index (χ4n) is 1.41. The average molecular weight is 247 g/mol. The number of aryl methyl sites for hydroxylation is 1. The molecule has 0 bridgehead atoms. The Kier molecular flexibility index (Phi) is 3.86. The molecule has 2 heterocycles. The topological polar surface area (TPSA) is 37.8 Å². The fourth-order valence-corrected chi connectivity index (χ4v) is 2.25. The van der Waals surface area contributed by atoms with Gasteiger partial charge < -0.3 is 5.32 Å². The Morgan fingerprint density at radius 2 is 2.06 bits per heavy atom. The Morgan fingerprint density at radius 1 is 1.24 bits per heavy atom. The molecule has 0 saturated carbocycles. The molecule has 0 fully saturated rings. The van der Waals surface area contributed by atoms with Crippen molar-refractivity contribution < 1.29 is 0 Å². The van der Waals surface area contributed by atoms with Crippen molar-refractivity contribution in [3.05, 3.63) is 35.0 Å². The first-order chi connectivity index (χ1) is 8.15. The Balaban J connectivity index is 2.10. The molecule has 0 atom stereocenters. The zero-order valence-corrected chi connectivity index (χ0v) is 11.2. The van der Waals surface area contributed by atoms with Gasteiger partial charge in [-0.15, -0.1) is 11.3 Å². The molecular formula is C13H17N3S. The Bertz CT molecular complexity index is 474. The van der Waals surface area contributed by atoms with Crippen molar-refractivity contribution in [1.29, 1.82) is 0 Å². The minimum Gasteiger partial charge on any atom is -0.310 e. The molecule has 1 N–H and O–H groups in total. The normalized spacial score (nSPS) is 11.1. The molecular weight excluding hydrogens is 230 g/mol. The minimum absolute atomic E-state index is 0.498. The molecule has 3 nitrogen and oxygen atoms in total. The van der Waals surface area contributed by atoms with Crippen LogP contribution in [0.3, 0.4) is 0 Å². The number of aromatic nitrogens is 2. The molecule has 0 spiro atoms. The summed E-state index contributed by atoms with van der Waals surface area (Å²) >= 11 is 1.70. The summed E-state index contributed by atoms with van der Waals surface area (Å²) in [6.07, 6.45) is 3.81. The van der Waals surface area contributed by atoms with Gasteiger partial charge in [-0.3, -0.25) is 4.98 Å². The van der Waals surface area contributed by atoms with Crippen LogP contribution in [0.2, 0.25) is 0 Å². The third kappa shape index (κ3) is 3.35. The molecule has 0 unspecified atom stereocenters. The third-order valence-electron chi connectivity index (χ3n) is 2.37. The van der Waals surface area contributed by atoms with Gasteiger partial charge >= 0.3 is 0 Å². The molecule has 0 radical (unpaired) electrons. The van der Waals surface area contributed by atoms with Crippen molar-refractivity contribution in [2.45, 2.75) is 33.4 Å². The quantitative estimate of drug-likeness (QED) is 0.902. The monoisotopic (exact) mass is 247 g/mol. The molecule has 2 aromatic heterocycles. The van der Waals surface area contributed by atoms with Crippen LogP contribution >= 0.6 is 11.3 Å². The molecule has 0 aliphatic rings. The largest absolute Gasteiger partial charge is 0.310 e. The summed E-state index contributed by atoms with van der Waals surface area (Å²) in [6, 6.07) is 4.59. The first-order valence-electron chi connectivity index (χ1n) is 5.76. The second-order valence-electron chi connectivity index (χ2n) is 4.39. The minimum atomic E-state index is 0.498. The van der Waals surface area contributed by atoms with Gasteiger partial charge in [0.05, 0.1) is 5.69 Å². The van der Waals surface area contributed by atoms with Crippen molar-refractivity contribution in [1.82, 2.24) is 15.3 Å². The van der Waals surface area contributed by atoms with Crippen molar-refractivity contribution in [2.75, 3.05) is 0 Å². The lowest BCUT2D eigenvalue weighted by atomic mass is 10.3. The fraction of sp³-hybridized carbons (Fsp3) is 0.385. The van der Waals surface area contributed by atoms with Crippen LogP contribution in [0.5, 0.6) is 0 Å². The summed E-state index contributed by atoms with van der Waals surface area (Å²) in [4.78, 5) is 10.0. The summed E-state index contributed by atoms with van der Waals surface area (Å²) in [6.45, 7) is 7.20. The van der Waals surface area contributed by atoms with E-state index in [1.165, 1.54) is 10.4 Å². The lowest BCUT2D eigenvalue weighted by Crippen LogP contribution is -2.21. The van der Waals surface area contributed by atoms with E-state index in [-0.39, 0.29) is 0 Å². The highest BCUT2D eigenvalue weighted by molar-refractivity contribution is 7.14. The third-order valence-corrected chi connectivity index (χ3v) is 3.39. The summed E-state index contributed by atoms with van der Waals surface area (Å²) in [7, 11) is 0. The Labute approximate surface area is 106 Å². The number of pyridine rings is 1. The zero-order chi connectivity index (χ0) is 12.3. The first-order valence-corrected chi connectivity index (χ1v) is 6.58. The maximum Gasteiger partial charge on any atom is 0.142 e. The number of hydrogen-bond donors (Lipinski definition) is 1. The van der Waals surface area contributed by atoms with Crippen LogP contribution in [0, 0.1) is 6.92 Å². The highest BCUT2D eigenvalue weighted by atomic mass is 32.1. The van der Waals surface area contributed by atoms with Crippen molar-refractivity contribution >= 4 is 11.3 Å². The Hall–Kier alpha value is -1.26. The van der Waals surface area contributed by atoms with Gasteiger partial charge in [0.2, 0.25) is 0 Å². The van der Waals surface area contributed by atoms with Gasteiger partial charge in [-0.1, -0.05) is 19.9 Å². The van der Waals surface area contributed by atoms with Crippen molar-refractivity contribution in [2.24, 2.45) is 0 Å². The van der Waals surface area contributed by atoms with Gasteiger partial charge in [0.25, 0.3) is 0 Å². The number of nitrogens with zero attached hydrogens (tertiary/aromatic N) is 2. The van der Waals surface area contributed by atoms with E-state index in [0.717, 1.165) is 17.2 Å². The lowest BCUT2D eigenvalue weighted by Gasteiger charge is -2.04. The molecule has 0 saturated heterocycles. The number of nitrogens with one attached hydrogen (secondary N) is 1. The highest BCUT2D eigenvalue weighted by Gasteiger charge is 2.05. The molecule has 17 heavy (non-hydrogen) atoms. The smallest absolute Gasteiger partial charge is 0.142 e. The van der Waals surface area contributed by atoms with E-state index < -0.39 is 0 Å². The SMILES string of the molecule is Cc1ccc(-c2ncc(CNC(C)C)s2)nc1. The molecule has 0 aliphatic heterocycles. The van der Waals surface area contributed by atoms with Gasteiger partial charge in [0.15, 0.2) is 0 Å². The van der Waals surface area contributed by atoms with E-state index in [0.29, 0.717) is 6.04 Å². The molecule has 4 heteroatoms. The van der Waals surface area contributed by atoms with Crippen LogP contribution in [0.1, 0.15) is 24.3 Å². The van der Waals surface area contributed by atoms with E-state index in [4.69, 9.17) is 0 Å². The van der Waals surface area contributed by atoms with Gasteiger partial charge in [-0.25, -0.2) is 4.98 Å². The van der Waals surface area contributed by atoms with Gasteiger partial charge in [0, 0.05) is 29.9 Å². The van der Waals surface area contributed by atoms with Gasteiger partial charge in [-0.05, 0) is 18.6 Å². The van der Waals surface area contributed by atoms with E-state index in [9.17, 15) is 0 Å². The highest BCUT2D eigenvalue weighted by Crippen LogP contribution is 2.23. The molecule has 0 aliphatic carbocycles. The average Bonchev–Trinajstić information content (AvgIpc) is 2.76. The predicted molar refractivity (Wildman–Crippen MR) is 72.1 cm³/mol. The number of hydrogen-bond acceptors (Lipinski definition) is 4. The van der Waals surface area contributed by atoms with Crippen LogP contribution in [-0.4, -0.2) is 16.0 Å². The summed E-state index contributed by atoms with van der Waals surface area (Å²) < 4.78 is 0. The lowest BCUT2D eigenvalue weighted by molar-refractivity contribution is 0.593. The van der Waals surface area contributed by atoms with Crippen molar-refractivity contribution in [3.8, 4) is 10.7 Å². The van der Waals surface area contributed by atoms with Crippen LogP contribution < -0.4 is 5.32 Å². The molecule has 90 valence electrons. The standard InChI is InChI=1S/C13H17N3S/c1-9(2)14-7-11-8-16-13(17-11)12-5-4-10(3)6-15-12/h4-6,8-9,14H,7H2,1-3H3. The molecule has 0 amide bonds. The molecule has 0 aromatic carbocycles. The van der Waals surface area contributed by atoms with Gasteiger partial charge in [-0.2, -0.15) is 0 Å². The second-order valence-corrected chi connectivity index (χ2v) is 5.50. The van der Waals surface area contributed by atoms with Crippen LogP contribution in [0.4, 0.5) is 0 Å². The maximum absolute atomic E-state index is 4.41. The summed E-state index contributed by atoms with van der Waals surface area (Å²) in [5.41, 5.74) is 2.13. The van der Waals surface area contributed by atoms with E-state index in [1.807, 2.05) is 25.4 Å². The number of thiazole rings is 1. The number of rotatable bonds is 4. The summed E-state index contributed by atoms with van der Waals surface area (Å²) in [5, 5.41) is 4.38. The van der Waals surface area contributed by atoms with Crippen LogP contribution in [0.15, 0.2) is 24.5 Å². The van der Waals surface area contributed by atoms with E-state index in [1.54, 1.807) is 11.3 Å². The first kappa shape index (κ1) is 12.2. The molecule has 2 aromatic rings. The van der Waals surface area contributed by atoms with Crippen molar-refractivity contribution in [3.63, 3.8) is 0 Å². The summed E-state index contributed by atoms with van der Waals surface area (Å²) in [5.74, 6) is 0. The van der Waals surface area contributed by atoms with Crippen LogP contribution in [-0.2, 0) is 6.54 Å². The zero-order valence-electron chi connectivity index (χ0n) is 10.4. The Morgan fingerprint density at radius 3 is 2.71 bits per heavy atom.